The second kappa shape index (κ2) is 6.70. The molecule has 0 unspecified atom stereocenters. The molecule has 0 spiro atoms. The normalized spacial score (nSPS) is 11.9. The molecular weight excluding hydrogens is 259 g/mol. The van der Waals surface area contributed by atoms with Gasteiger partial charge in [-0.05, 0) is 36.2 Å². The number of halogens is 1. The van der Waals surface area contributed by atoms with E-state index in [2.05, 4.69) is 15.7 Å². The first-order valence-corrected chi connectivity index (χ1v) is 6.41. The van der Waals surface area contributed by atoms with Crippen molar-refractivity contribution in [2.24, 2.45) is 5.92 Å². The summed E-state index contributed by atoms with van der Waals surface area (Å²) in [6.45, 7) is 3.30. The molecule has 0 saturated carbocycles. The van der Waals surface area contributed by atoms with Crippen LogP contribution in [0.2, 0.25) is 0 Å². The molecule has 20 heavy (non-hydrogen) atoms. The molecule has 0 radical (unpaired) electrons. The zero-order valence-electron chi connectivity index (χ0n) is 11.2. The number of carbonyl (C=O) groups excluding carboxylic acids is 1. The largest absolute Gasteiger partial charge is 0.338 e. The number of carbonyl (C=O) groups is 1. The predicted molar refractivity (Wildman–Crippen MR) is 74.8 cm³/mol. The van der Waals surface area contributed by atoms with Crippen LogP contribution < -0.4 is 10.6 Å². The van der Waals surface area contributed by atoms with Crippen LogP contribution in [-0.2, 0) is 6.54 Å². The number of nitrogens with one attached hydrogen (secondary N) is 2. The highest BCUT2D eigenvalue weighted by Gasteiger charge is 2.06. The van der Waals surface area contributed by atoms with Crippen molar-refractivity contribution >= 4 is 11.7 Å². The molecule has 1 aromatic carbocycles. The Bertz CT molecular complexity index is 539. The first kappa shape index (κ1) is 14.0. The van der Waals surface area contributed by atoms with E-state index in [-0.39, 0.29) is 17.8 Å². The summed E-state index contributed by atoms with van der Waals surface area (Å²) in [6.07, 6.45) is 3.61. The van der Waals surface area contributed by atoms with Crippen molar-refractivity contribution in [2.75, 3.05) is 11.9 Å². The fraction of sp³-hybridized carbons (Fsp3) is 0.286. The molecule has 1 heterocycles. The highest BCUT2D eigenvalue weighted by atomic mass is 19.1. The lowest BCUT2D eigenvalue weighted by molar-refractivity contribution is 0.249. The molecule has 0 saturated heterocycles. The highest BCUT2D eigenvalue weighted by Crippen LogP contribution is 2.07. The van der Waals surface area contributed by atoms with Gasteiger partial charge in [-0.1, -0.05) is 6.92 Å². The SMILES string of the molecule is C[C@@H](CNC(=O)Nc1ccc(F)cc1)Cn1cccn1. The molecule has 0 aliphatic rings. The molecule has 1 atom stereocenters. The fourth-order valence-corrected chi connectivity index (χ4v) is 1.77. The Labute approximate surface area is 116 Å². The van der Waals surface area contributed by atoms with Gasteiger partial charge in [0.05, 0.1) is 0 Å². The van der Waals surface area contributed by atoms with Crippen LogP contribution in [0.3, 0.4) is 0 Å². The lowest BCUT2D eigenvalue weighted by Gasteiger charge is -2.13. The van der Waals surface area contributed by atoms with Crippen molar-refractivity contribution in [1.82, 2.24) is 15.1 Å². The quantitative estimate of drug-likeness (QED) is 0.881. The number of nitrogens with zero attached hydrogens (tertiary/aromatic N) is 2. The fourth-order valence-electron chi connectivity index (χ4n) is 1.77. The molecule has 2 N–H and O–H groups in total. The Morgan fingerprint density at radius 1 is 1.40 bits per heavy atom. The van der Waals surface area contributed by atoms with Crippen LogP contribution in [0, 0.1) is 11.7 Å². The maximum absolute atomic E-state index is 12.7. The van der Waals surface area contributed by atoms with Gasteiger partial charge >= 0.3 is 6.03 Å². The van der Waals surface area contributed by atoms with Crippen molar-refractivity contribution in [3.63, 3.8) is 0 Å². The van der Waals surface area contributed by atoms with E-state index < -0.39 is 0 Å². The minimum absolute atomic E-state index is 0.258. The summed E-state index contributed by atoms with van der Waals surface area (Å²) in [5.41, 5.74) is 0.559. The third kappa shape index (κ3) is 4.38. The molecular formula is C14H17FN4O. The number of urea groups is 1. The minimum atomic E-state index is -0.330. The summed E-state index contributed by atoms with van der Waals surface area (Å²) >= 11 is 0. The van der Waals surface area contributed by atoms with Gasteiger partial charge in [-0.15, -0.1) is 0 Å². The minimum Gasteiger partial charge on any atom is -0.338 e. The molecule has 2 rings (SSSR count). The monoisotopic (exact) mass is 276 g/mol. The maximum Gasteiger partial charge on any atom is 0.319 e. The van der Waals surface area contributed by atoms with Crippen molar-refractivity contribution in [1.29, 1.82) is 0 Å². The van der Waals surface area contributed by atoms with Gasteiger partial charge in [0, 0.05) is 31.2 Å². The summed E-state index contributed by atoms with van der Waals surface area (Å²) in [7, 11) is 0. The molecule has 1 aromatic heterocycles. The summed E-state index contributed by atoms with van der Waals surface area (Å²) in [6, 6.07) is 7.20. The second-order valence-electron chi connectivity index (χ2n) is 4.68. The molecule has 0 aliphatic carbocycles. The average molecular weight is 276 g/mol. The van der Waals surface area contributed by atoms with Gasteiger partial charge in [-0.2, -0.15) is 5.10 Å². The molecule has 2 aromatic rings. The van der Waals surface area contributed by atoms with E-state index in [1.807, 2.05) is 23.9 Å². The molecule has 2 amide bonds. The second-order valence-corrected chi connectivity index (χ2v) is 4.68. The molecule has 5 nitrogen and oxygen atoms in total. The molecule has 6 heteroatoms. The number of rotatable bonds is 5. The van der Waals surface area contributed by atoms with Crippen molar-refractivity contribution in [2.45, 2.75) is 13.5 Å². The number of amides is 2. The van der Waals surface area contributed by atoms with Crippen molar-refractivity contribution in [3.05, 3.63) is 48.5 Å². The predicted octanol–water partition coefficient (Wildman–Crippen LogP) is 2.48. The first-order chi connectivity index (χ1) is 9.63. The van der Waals surface area contributed by atoms with Crippen LogP contribution in [0.25, 0.3) is 0 Å². The summed E-state index contributed by atoms with van der Waals surface area (Å²) in [5, 5.41) is 9.53. The van der Waals surface area contributed by atoms with E-state index in [4.69, 9.17) is 0 Å². The third-order valence-electron chi connectivity index (χ3n) is 2.77. The molecule has 0 bridgehead atoms. The number of hydrogen-bond acceptors (Lipinski definition) is 2. The topological polar surface area (TPSA) is 59.0 Å². The molecule has 106 valence electrons. The van der Waals surface area contributed by atoms with Crippen LogP contribution >= 0.6 is 0 Å². The Morgan fingerprint density at radius 3 is 2.80 bits per heavy atom. The highest BCUT2D eigenvalue weighted by molar-refractivity contribution is 5.89. The first-order valence-electron chi connectivity index (χ1n) is 6.41. The van der Waals surface area contributed by atoms with Gasteiger partial charge in [0.15, 0.2) is 0 Å². The maximum atomic E-state index is 12.7. The van der Waals surface area contributed by atoms with Gasteiger partial charge in [0.2, 0.25) is 0 Å². The summed E-state index contributed by atoms with van der Waals surface area (Å²) in [4.78, 5) is 11.7. The van der Waals surface area contributed by atoms with Crippen LogP contribution in [0.15, 0.2) is 42.7 Å². The van der Waals surface area contributed by atoms with E-state index in [1.165, 1.54) is 24.3 Å². The van der Waals surface area contributed by atoms with Gasteiger partial charge in [-0.25, -0.2) is 9.18 Å². The van der Waals surface area contributed by atoms with Gasteiger partial charge < -0.3 is 10.6 Å². The van der Waals surface area contributed by atoms with Crippen molar-refractivity contribution < 1.29 is 9.18 Å². The smallest absolute Gasteiger partial charge is 0.319 e. The zero-order valence-corrected chi connectivity index (χ0v) is 11.2. The number of hydrogen-bond donors (Lipinski definition) is 2. The standard InChI is InChI=1S/C14H17FN4O/c1-11(10-19-8-2-7-17-19)9-16-14(20)18-13-5-3-12(15)4-6-13/h2-8,11H,9-10H2,1H3,(H2,16,18,20)/t11-/m0/s1. The summed E-state index contributed by atoms with van der Waals surface area (Å²) in [5.74, 6) is -0.0716. The van der Waals surface area contributed by atoms with E-state index in [1.54, 1.807) is 6.20 Å². The van der Waals surface area contributed by atoms with E-state index in [0.29, 0.717) is 12.2 Å². The average Bonchev–Trinajstić information content (AvgIpc) is 2.92. The van der Waals surface area contributed by atoms with E-state index >= 15 is 0 Å². The zero-order chi connectivity index (χ0) is 14.4. The van der Waals surface area contributed by atoms with Crippen LogP contribution in [0.4, 0.5) is 14.9 Å². The number of aromatic nitrogens is 2. The van der Waals surface area contributed by atoms with Crippen LogP contribution in [0.5, 0.6) is 0 Å². The van der Waals surface area contributed by atoms with E-state index in [9.17, 15) is 9.18 Å². The van der Waals surface area contributed by atoms with Gasteiger partial charge in [0.25, 0.3) is 0 Å². The van der Waals surface area contributed by atoms with Crippen LogP contribution in [-0.4, -0.2) is 22.4 Å². The van der Waals surface area contributed by atoms with Gasteiger partial charge in [0.1, 0.15) is 5.82 Å². The van der Waals surface area contributed by atoms with Crippen molar-refractivity contribution in [3.8, 4) is 0 Å². The molecule has 0 fully saturated rings. The number of benzene rings is 1. The lowest BCUT2D eigenvalue weighted by atomic mass is 10.2. The third-order valence-corrected chi connectivity index (χ3v) is 2.77. The van der Waals surface area contributed by atoms with E-state index in [0.717, 1.165) is 6.54 Å². The molecule has 0 aliphatic heterocycles. The van der Waals surface area contributed by atoms with Crippen LogP contribution in [0.1, 0.15) is 6.92 Å². The lowest BCUT2D eigenvalue weighted by Crippen LogP contribution is -2.33. The Morgan fingerprint density at radius 2 is 2.15 bits per heavy atom. The Balaban J connectivity index is 1.73. The summed E-state index contributed by atoms with van der Waals surface area (Å²) < 4.78 is 14.5. The Hall–Kier alpha value is -2.37. The Kier molecular flexibility index (Phi) is 4.70. The van der Waals surface area contributed by atoms with Gasteiger partial charge in [-0.3, -0.25) is 4.68 Å². The number of anilines is 1.